The second-order valence-corrected chi connectivity index (χ2v) is 21.4. The quantitative estimate of drug-likeness (QED) is 0.0331. The Kier molecular flexibility index (Phi) is 34.3. The fourth-order valence-corrected chi connectivity index (χ4v) is 9.56. The van der Waals surface area contributed by atoms with Gasteiger partial charge < -0.3 is 54.5 Å². The van der Waals surface area contributed by atoms with Gasteiger partial charge in [-0.1, -0.05) is 0 Å². The van der Waals surface area contributed by atoms with E-state index in [2.05, 4.69) is 10.0 Å². The second-order valence-electron chi connectivity index (χ2n) is 14.2. The van der Waals surface area contributed by atoms with Gasteiger partial charge in [-0.15, -0.1) is 0 Å². The Morgan fingerprint density at radius 3 is 1.46 bits per heavy atom. The van der Waals surface area contributed by atoms with E-state index in [0.29, 0.717) is 120 Å². The molecule has 63 heavy (non-hydrogen) atoms. The molecular formula is C43H70N2O12S6. The molecule has 0 saturated carbocycles. The van der Waals surface area contributed by atoms with Gasteiger partial charge in [0.1, 0.15) is 23.0 Å². The van der Waals surface area contributed by atoms with E-state index < -0.39 is 5.60 Å². The summed E-state index contributed by atoms with van der Waals surface area (Å²) in [6.07, 6.45) is 2.82. The van der Waals surface area contributed by atoms with Gasteiger partial charge in [0.2, 0.25) is 0 Å². The number of carbonyl (C=O) groups excluding carboxylic acids is 2. The minimum atomic E-state index is -0.571. The Bertz CT molecular complexity index is 1470. The topological polar surface area (TPSA) is 205 Å². The molecule has 0 aliphatic carbocycles. The highest BCUT2D eigenvalue weighted by molar-refractivity contribution is 8.02. The van der Waals surface area contributed by atoms with Gasteiger partial charge in [-0.05, 0) is 93.0 Å². The maximum absolute atomic E-state index is 13.6. The van der Waals surface area contributed by atoms with Crippen molar-refractivity contribution in [1.82, 2.24) is 10.0 Å². The fourth-order valence-electron chi connectivity index (χ4n) is 5.20. The van der Waals surface area contributed by atoms with E-state index in [-0.39, 0.29) is 50.1 Å². The largest absolute Gasteiger partial charge is 0.493 e. The zero-order chi connectivity index (χ0) is 45.8. The third-order valence-electron chi connectivity index (χ3n) is 8.36. The lowest BCUT2D eigenvalue weighted by Crippen LogP contribution is -2.32. The van der Waals surface area contributed by atoms with Crippen LogP contribution in [0.5, 0.6) is 23.0 Å². The molecule has 0 radical (unpaired) electrons. The van der Waals surface area contributed by atoms with Crippen LogP contribution in [-0.4, -0.2) is 178 Å². The van der Waals surface area contributed by atoms with Crippen LogP contribution in [-0.2, 0) is 4.74 Å². The van der Waals surface area contributed by atoms with Gasteiger partial charge >= 0.3 is 0 Å². The minimum absolute atomic E-state index is 0.0156. The number of hydrogen-bond acceptors (Lipinski definition) is 18. The van der Waals surface area contributed by atoms with E-state index >= 15 is 0 Å². The molecule has 2 amide bonds. The van der Waals surface area contributed by atoms with E-state index in [0.717, 1.165) is 36.5 Å². The van der Waals surface area contributed by atoms with Crippen molar-refractivity contribution in [2.24, 2.45) is 0 Å². The summed E-state index contributed by atoms with van der Waals surface area (Å²) < 4.78 is 33.1. The molecule has 2 aromatic rings. The van der Waals surface area contributed by atoms with Crippen molar-refractivity contribution in [3.8, 4) is 23.0 Å². The van der Waals surface area contributed by atoms with Crippen LogP contribution in [0.4, 0.5) is 0 Å². The lowest BCUT2D eigenvalue weighted by Gasteiger charge is -2.27. The van der Waals surface area contributed by atoms with E-state index in [1.54, 1.807) is 95.2 Å². The first-order valence-electron chi connectivity index (χ1n) is 21.3. The summed E-state index contributed by atoms with van der Waals surface area (Å²) >= 11 is 9.41. The van der Waals surface area contributed by atoms with Crippen molar-refractivity contribution in [3.05, 3.63) is 47.5 Å². The Labute approximate surface area is 400 Å². The predicted octanol–water partition coefficient (Wildman–Crippen LogP) is 5.36. The molecule has 0 bridgehead atoms. The summed E-state index contributed by atoms with van der Waals surface area (Å²) in [6.45, 7) is 6.81. The summed E-state index contributed by atoms with van der Waals surface area (Å²) in [5.41, 5.74) is 0.229. The normalized spacial score (nSPS) is 11.9. The predicted molar refractivity (Wildman–Crippen MR) is 267 cm³/mol. The lowest BCUT2D eigenvalue weighted by atomic mass is 10.1. The highest BCUT2D eigenvalue weighted by atomic mass is 32.2. The van der Waals surface area contributed by atoms with Gasteiger partial charge in [-0.2, -0.15) is 58.8 Å². The molecule has 2 rings (SSSR count). The number of amides is 2. The van der Waals surface area contributed by atoms with Crippen LogP contribution < -0.4 is 29.0 Å². The fraction of sp³-hybridized carbons (Fsp3) is 0.674. The first kappa shape index (κ1) is 57.6. The standard InChI is InChI=1S/C43H70N2O12S6/c1-43(2,6-8-46)57-32-40(63-45-42(52)35-28-38(55-15-5-19-60-23-11-49)31-39(29-35)56-16-25-61-24-12-50)33-62-20-7-44-41(51)34-26-36(53-13-3-17-58-21-9-47)30-37(27-34)54-14-4-18-59-22-10-48/h26-31,40,46-50H,3-25,32-33H2,1-2H3,(H,44,51)(H,45,52). The van der Waals surface area contributed by atoms with Crippen molar-refractivity contribution < 1.29 is 58.8 Å². The van der Waals surface area contributed by atoms with Crippen molar-refractivity contribution in [2.45, 2.75) is 50.4 Å². The van der Waals surface area contributed by atoms with Gasteiger partial charge in [-0.25, -0.2) is 0 Å². The summed E-state index contributed by atoms with van der Waals surface area (Å²) in [4.78, 5) is 27.0. The van der Waals surface area contributed by atoms with Crippen LogP contribution in [0.25, 0.3) is 0 Å². The molecule has 0 saturated heterocycles. The first-order chi connectivity index (χ1) is 30.6. The monoisotopic (exact) mass is 998 g/mol. The van der Waals surface area contributed by atoms with Crippen LogP contribution >= 0.6 is 70.8 Å². The average Bonchev–Trinajstić information content (AvgIpc) is 3.27. The smallest absolute Gasteiger partial charge is 0.261 e. The second kappa shape index (κ2) is 37.5. The van der Waals surface area contributed by atoms with Crippen molar-refractivity contribution in [1.29, 1.82) is 0 Å². The van der Waals surface area contributed by atoms with Crippen molar-refractivity contribution >= 4 is 82.6 Å². The molecule has 0 aliphatic rings. The molecule has 1 unspecified atom stereocenters. The van der Waals surface area contributed by atoms with Gasteiger partial charge in [0.25, 0.3) is 11.8 Å². The molecular weight excluding hydrogens is 929 g/mol. The Balaban J connectivity index is 2.05. The maximum atomic E-state index is 13.6. The molecule has 2 aromatic carbocycles. The van der Waals surface area contributed by atoms with Gasteiger partial charge in [-0.3, -0.25) is 14.3 Å². The molecule has 0 fully saturated rings. The van der Waals surface area contributed by atoms with Gasteiger partial charge in [0.15, 0.2) is 0 Å². The average molecular weight is 999 g/mol. The Morgan fingerprint density at radius 2 is 1.00 bits per heavy atom. The summed E-state index contributed by atoms with van der Waals surface area (Å²) in [6, 6.07) is 10.3. The van der Waals surface area contributed by atoms with E-state index in [9.17, 15) is 14.7 Å². The number of carbonyl (C=O) groups is 2. The molecule has 0 heterocycles. The van der Waals surface area contributed by atoms with Crippen molar-refractivity contribution in [2.75, 3.05) is 130 Å². The number of nitrogens with one attached hydrogen (secondary N) is 2. The zero-order valence-electron chi connectivity index (χ0n) is 36.8. The van der Waals surface area contributed by atoms with Crippen LogP contribution in [0, 0.1) is 0 Å². The Morgan fingerprint density at radius 1 is 0.556 bits per heavy atom. The minimum Gasteiger partial charge on any atom is -0.493 e. The highest BCUT2D eigenvalue weighted by Crippen LogP contribution is 2.27. The Hall–Kier alpha value is -1.56. The van der Waals surface area contributed by atoms with Gasteiger partial charge in [0.05, 0.1) is 70.3 Å². The maximum Gasteiger partial charge on any atom is 0.261 e. The zero-order valence-corrected chi connectivity index (χ0v) is 41.7. The molecule has 0 aromatic heterocycles. The third-order valence-corrected chi connectivity index (χ3v) is 14.7. The molecule has 7 N–H and O–H groups in total. The number of aliphatic hydroxyl groups excluding tert-OH is 5. The number of rotatable bonds is 41. The van der Waals surface area contributed by atoms with E-state index in [1.165, 1.54) is 11.9 Å². The number of aliphatic hydroxyl groups is 5. The summed E-state index contributed by atoms with van der Waals surface area (Å²) in [5, 5.41) is 48.6. The molecule has 0 spiro atoms. The van der Waals surface area contributed by atoms with Crippen molar-refractivity contribution in [3.63, 3.8) is 0 Å². The number of benzene rings is 2. The van der Waals surface area contributed by atoms with Crippen LogP contribution in [0.1, 0.15) is 60.2 Å². The lowest BCUT2D eigenvalue weighted by molar-refractivity contribution is -0.0303. The number of ether oxygens (including phenoxy) is 5. The SMILES string of the molecule is CC(C)(CCO)OCC(CSCCNC(=O)c1cc(OCCCSCCO)cc(OCCCSCCO)c1)SNC(=O)c1cc(OCCCSCCO)cc(OCCSCCO)c1. The first-order valence-corrected chi connectivity index (χ1v) is 27.9. The highest BCUT2D eigenvalue weighted by Gasteiger charge is 2.22. The molecule has 360 valence electrons. The van der Waals surface area contributed by atoms with E-state index in [1.807, 2.05) is 13.8 Å². The van der Waals surface area contributed by atoms with E-state index in [4.69, 9.17) is 44.1 Å². The molecule has 14 nitrogen and oxygen atoms in total. The van der Waals surface area contributed by atoms with Crippen LogP contribution in [0.15, 0.2) is 36.4 Å². The molecule has 1 atom stereocenters. The van der Waals surface area contributed by atoms with Gasteiger partial charge in [0, 0.05) is 76.7 Å². The molecule has 0 aliphatic heterocycles. The number of hydrogen-bond donors (Lipinski definition) is 7. The summed E-state index contributed by atoms with van der Waals surface area (Å²) in [7, 11) is 0. The van der Waals surface area contributed by atoms with Crippen LogP contribution in [0.3, 0.4) is 0 Å². The molecule has 20 heteroatoms. The third kappa shape index (κ3) is 28.9. The number of thioether (sulfide) groups is 5. The summed E-state index contributed by atoms with van der Waals surface area (Å²) in [5.74, 6) is 8.59. The van der Waals surface area contributed by atoms with Crippen LogP contribution in [0.2, 0.25) is 0 Å².